The van der Waals surface area contributed by atoms with Gasteiger partial charge in [-0.05, 0) is 6.42 Å². The normalized spacial score (nSPS) is 7.46. The Balaban J connectivity index is -0.000000218. The fraction of sp³-hybridized carbons (Fsp3) is 0.889. The Bertz CT molecular complexity index is 86.9. The summed E-state index contributed by atoms with van der Waals surface area (Å²) in [5.41, 5.74) is 0. The number of alkyl halides is 1. The Labute approximate surface area is 86.0 Å². The van der Waals surface area contributed by atoms with E-state index in [4.69, 9.17) is 16.7 Å². The fourth-order valence-electron chi connectivity index (χ4n) is 0.316. The number of rotatable bonds is 5. The van der Waals surface area contributed by atoms with Crippen molar-refractivity contribution in [3.8, 4) is 0 Å². The standard InChI is InChI=1S/C5H9ClO3.2C2H6/c6-2-1-3-9-4-5(7)8;2*1-2/h1-4H2,(H,7,8);2*1-2H3. The van der Waals surface area contributed by atoms with Crippen molar-refractivity contribution < 1.29 is 14.6 Å². The topological polar surface area (TPSA) is 46.5 Å². The van der Waals surface area contributed by atoms with Crippen molar-refractivity contribution in [3.63, 3.8) is 0 Å². The third kappa shape index (κ3) is 33.8. The average Bonchev–Trinajstić information content (AvgIpc) is 2.19. The van der Waals surface area contributed by atoms with Crippen molar-refractivity contribution in [2.45, 2.75) is 34.1 Å². The number of carboxylic acid groups (broad SMARTS) is 1. The lowest BCUT2D eigenvalue weighted by Crippen LogP contribution is -2.07. The second kappa shape index (κ2) is 22.6. The van der Waals surface area contributed by atoms with E-state index in [0.717, 1.165) is 0 Å². The first-order valence-corrected chi connectivity index (χ1v) is 5.16. The predicted octanol–water partition coefficient (Wildman–Crippen LogP) is 2.77. The maximum Gasteiger partial charge on any atom is 0.329 e. The Kier molecular flexibility index (Phi) is 32.1. The molecule has 0 bridgehead atoms. The molecule has 0 saturated carbocycles. The quantitative estimate of drug-likeness (QED) is 0.563. The summed E-state index contributed by atoms with van der Waals surface area (Å²) in [6, 6.07) is 0. The highest BCUT2D eigenvalue weighted by molar-refractivity contribution is 6.17. The van der Waals surface area contributed by atoms with E-state index in [9.17, 15) is 4.79 Å². The summed E-state index contributed by atoms with van der Waals surface area (Å²) >= 11 is 5.29. The monoisotopic (exact) mass is 212 g/mol. The van der Waals surface area contributed by atoms with E-state index in [-0.39, 0.29) is 6.61 Å². The maximum atomic E-state index is 9.80. The third-order valence-corrected chi connectivity index (χ3v) is 0.915. The van der Waals surface area contributed by atoms with Crippen molar-refractivity contribution >= 4 is 17.6 Å². The second-order valence-electron chi connectivity index (χ2n) is 1.49. The van der Waals surface area contributed by atoms with Crippen LogP contribution in [0.2, 0.25) is 0 Å². The first kappa shape index (κ1) is 18.5. The molecule has 0 aromatic carbocycles. The molecule has 0 amide bonds. The van der Waals surface area contributed by atoms with Gasteiger partial charge in [-0.3, -0.25) is 0 Å². The minimum absolute atomic E-state index is 0.225. The average molecular weight is 213 g/mol. The molecule has 0 rings (SSSR count). The van der Waals surface area contributed by atoms with Crippen LogP contribution in [-0.2, 0) is 9.53 Å². The lowest BCUT2D eigenvalue weighted by atomic mass is 10.5. The van der Waals surface area contributed by atoms with Crippen LogP contribution < -0.4 is 0 Å². The summed E-state index contributed by atoms with van der Waals surface area (Å²) in [6.07, 6.45) is 0.703. The van der Waals surface area contributed by atoms with Crippen LogP contribution >= 0.6 is 11.6 Å². The van der Waals surface area contributed by atoms with Crippen LogP contribution in [0.15, 0.2) is 0 Å². The molecule has 3 nitrogen and oxygen atoms in total. The van der Waals surface area contributed by atoms with E-state index in [0.29, 0.717) is 18.9 Å². The lowest BCUT2D eigenvalue weighted by molar-refractivity contribution is -0.142. The molecule has 0 aliphatic heterocycles. The molecule has 0 aliphatic carbocycles. The molecule has 1 N–H and O–H groups in total. The van der Waals surface area contributed by atoms with Crippen LogP contribution in [0.4, 0.5) is 0 Å². The van der Waals surface area contributed by atoms with Crippen LogP contribution in [0, 0.1) is 0 Å². The summed E-state index contributed by atoms with van der Waals surface area (Å²) in [5, 5.41) is 8.05. The van der Waals surface area contributed by atoms with E-state index in [1.165, 1.54) is 0 Å². The van der Waals surface area contributed by atoms with Crippen LogP contribution in [0.25, 0.3) is 0 Å². The highest BCUT2D eigenvalue weighted by Crippen LogP contribution is 1.85. The molecule has 0 atom stereocenters. The molecular formula is C9H21ClO3. The predicted molar refractivity (Wildman–Crippen MR) is 56.5 cm³/mol. The molecule has 0 unspecified atom stereocenters. The number of halogens is 1. The van der Waals surface area contributed by atoms with Gasteiger partial charge in [0.1, 0.15) is 6.61 Å². The highest BCUT2D eigenvalue weighted by Gasteiger charge is 1.93. The largest absolute Gasteiger partial charge is 0.480 e. The van der Waals surface area contributed by atoms with Crippen LogP contribution in [0.1, 0.15) is 34.1 Å². The number of carbonyl (C=O) groups is 1. The zero-order chi connectivity index (χ0) is 11.1. The Hall–Kier alpha value is -0.280. The highest BCUT2D eigenvalue weighted by atomic mass is 35.5. The molecule has 0 fully saturated rings. The van der Waals surface area contributed by atoms with Crippen LogP contribution in [0.5, 0.6) is 0 Å². The number of carboxylic acids is 1. The molecule has 4 heteroatoms. The number of aliphatic carboxylic acids is 1. The SMILES string of the molecule is CC.CC.O=C(O)COCCCCl. The van der Waals surface area contributed by atoms with E-state index >= 15 is 0 Å². The van der Waals surface area contributed by atoms with Gasteiger partial charge in [0.05, 0.1) is 0 Å². The van der Waals surface area contributed by atoms with Crippen molar-refractivity contribution in [2.24, 2.45) is 0 Å². The molecule has 0 heterocycles. The van der Waals surface area contributed by atoms with Gasteiger partial charge in [0.2, 0.25) is 0 Å². The van der Waals surface area contributed by atoms with Gasteiger partial charge in [0, 0.05) is 12.5 Å². The smallest absolute Gasteiger partial charge is 0.329 e. The summed E-state index contributed by atoms with van der Waals surface area (Å²) in [4.78, 5) is 9.80. The molecule has 82 valence electrons. The van der Waals surface area contributed by atoms with Crippen LogP contribution in [-0.4, -0.2) is 30.2 Å². The van der Waals surface area contributed by atoms with Crippen molar-refractivity contribution in [3.05, 3.63) is 0 Å². The van der Waals surface area contributed by atoms with Crippen LogP contribution in [0.3, 0.4) is 0 Å². The second-order valence-corrected chi connectivity index (χ2v) is 1.87. The zero-order valence-electron chi connectivity index (χ0n) is 8.97. The summed E-state index contributed by atoms with van der Waals surface area (Å²) in [6.45, 7) is 8.20. The van der Waals surface area contributed by atoms with E-state index in [1.807, 2.05) is 27.7 Å². The Morgan fingerprint density at radius 1 is 1.31 bits per heavy atom. The molecule has 0 aromatic heterocycles. The number of ether oxygens (including phenoxy) is 1. The third-order valence-electron chi connectivity index (χ3n) is 0.648. The summed E-state index contributed by atoms with van der Waals surface area (Å²) in [5.74, 6) is -0.427. The van der Waals surface area contributed by atoms with Crippen molar-refractivity contribution in [2.75, 3.05) is 19.1 Å². The molecule has 0 spiro atoms. The molecular weight excluding hydrogens is 192 g/mol. The summed E-state index contributed by atoms with van der Waals surface area (Å²) in [7, 11) is 0. The fourth-order valence-corrected chi connectivity index (χ4v) is 0.425. The molecule has 0 radical (unpaired) electrons. The van der Waals surface area contributed by atoms with Gasteiger partial charge < -0.3 is 9.84 Å². The van der Waals surface area contributed by atoms with E-state index in [2.05, 4.69) is 4.74 Å². The van der Waals surface area contributed by atoms with Gasteiger partial charge in [-0.25, -0.2) is 4.79 Å². The minimum atomic E-state index is -0.940. The van der Waals surface area contributed by atoms with E-state index in [1.54, 1.807) is 0 Å². The minimum Gasteiger partial charge on any atom is -0.480 e. The maximum absolute atomic E-state index is 9.80. The zero-order valence-corrected chi connectivity index (χ0v) is 9.73. The molecule has 0 saturated heterocycles. The first-order chi connectivity index (χ1) is 6.27. The van der Waals surface area contributed by atoms with E-state index < -0.39 is 5.97 Å². The van der Waals surface area contributed by atoms with Gasteiger partial charge in [-0.15, -0.1) is 11.6 Å². The summed E-state index contributed by atoms with van der Waals surface area (Å²) < 4.78 is 4.65. The Morgan fingerprint density at radius 2 is 1.77 bits per heavy atom. The van der Waals surface area contributed by atoms with Crippen molar-refractivity contribution in [1.82, 2.24) is 0 Å². The van der Waals surface area contributed by atoms with Gasteiger partial charge >= 0.3 is 5.97 Å². The molecule has 0 aromatic rings. The molecule has 0 aliphatic rings. The van der Waals surface area contributed by atoms with Gasteiger partial charge in [-0.1, -0.05) is 27.7 Å². The first-order valence-electron chi connectivity index (χ1n) is 4.63. The Morgan fingerprint density at radius 3 is 2.08 bits per heavy atom. The number of hydrogen-bond donors (Lipinski definition) is 1. The van der Waals surface area contributed by atoms with Gasteiger partial charge in [-0.2, -0.15) is 0 Å². The van der Waals surface area contributed by atoms with Gasteiger partial charge in [0.25, 0.3) is 0 Å². The van der Waals surface area contributed by atoms with Gasteiger partial charge in [0.15, 0.2) is 0 Å². The lowest BCUT2D eigenvalue weighted by Gasteiger charge is -1.95. The molecule has 13 heavy (non-hydrogen) atoms. The van der Waals surface area contributed by atoms with Crippen molar-refractivity contribution in [1.29, 1.82) is 0 Å². The number of hydrogen-bond acceptors (Lipinski definition) is 2.